The first-order chi connectivity index (χ1) is 6.03. The van der Waals surface area contributed by atoms with Crippen molar-refractivity contribution in [3.63, 3.8) is 0 Å². The lowest BCUT2D eigenvalue weighted by Crippen LogP contribution is -2.28. The molecule has 76 valence electrons. The van der Waals surface area contributed by atoms with Crippen molar-refractivity contribution in [1.29, 1.82) is 0 Å². The van der Waals surface area contributed by atoms with E-state index in [2.05, 4.69) is 13.8 Å². The summed E-state index contributed by atoms with van der Waals surface area (Å²) in [5, 5.41) is 0. The molecule has 3 nitrogen and oxygen atoms in total. The number of rotatable bonds is 1. The maximum absolute atomic E-state index is 5.77. The second-order valence-corrected chi connectivity index (χ2v) is 4.41. The summed E-state index contributed by atoms with van der Waals surface area (Å²) in [5.74, 6) is -0.0285. The van der Waals surface area contributed by atoms with Gasteiger partial charge in [-0.1, -0.05) is 13.8 Å². The average molecular weight is 186 g/mol. The Bertz CT molecular complexity index is 202. The summed E-state index contributed by atoms with van der Waals surface area (Å²) in [6.45, 7) is 8.17. The van der Waals surface area contributed by atoms with Crippen molar-refractivity contribution in [2.75, 3.05) is 0 Å². The fourth-order valence-corrected chi connectivity index (χ4v) is 2.19. The molecule has 0 amide bonds. The van der Waals surface area contributed by atoms with Crippen molar-refractivity contribution in [3.8, 4) is 0 Å². The molecule has 0 aromatic carbocycles. The maximum Gasteiger partial charge on any atom is 0.187 e. The molecule has 0 N–H and O–H groups in total. The molecule has 2 fully saturated rings. The van der Waals surface area contributed by atoms with Crippen molar-refractivity contribution in [2.24, 2.45) is 5.92 Å². The summed E-state index contributed by atoms with van der Waals surface area (Å²) < 4.78 is 17.1. The van der Waals surface area contributed by atoms with Crippen LogP contribution in [-0.2, 0) is 14.2 Å². The van der Waals surface area contributed by atoms with E-state index in [1.165, 1.54) is 0 Å². The first kappa shape index (κ1) is 9.44. The van der Waals surface area contributed by atoms with E-state index in [0.29, 0.717) is 12.0 Å². The SMILES string of the molecule is CC[C@@H]1O[C@H]2OC(C)(C)OC2[C@H]1C. The van der Waals surface area contributed by atoms with E-state index in [-0.39, 0.29) is 12.4 Å². The molecule has 0 aromatic rings. The lowest BCUT2D eigenvalue weighted by Gasteiger charge is -2.22. The van der Waals surface area contributed by atoms with Gasteiger partial charge in [0.25, 0.3) is 0 Å². The Morgan fingerprint density at radius 2 is 1.92 bits per heavy atom. The minimum atomic E-state index is -0.470. The molecule has 1 unspecified atom stereocenters. The predicted octanol–water partition coefficient (Wildman–Crippen LogP) is 1.91. The number of ether oxygens (including phenoxy) is 3. The zero-order valence-corrected chi connectivity index (χ0v) is 8.74. The Hall–Kier alpha value is -0.120. The minimum absolute atomic E-state index is 0.125. The van der Waals surface area contributed by atoms with Crippen LogP contribution in [0.1, 0.15) is 34.1 Å². The van der Waals surface area contributed by atoms with Crippen molar-refractivity contribution >= 4 is 0 Å². The van der Waals surface area contributed by atoms with Crippen LogP contribution in [0.5, 0.6) is 0 Å². The van der Waals surface area contributed by atoms with Crippen molar-refractivity contribution in [1.82, 2.24) is 0 Å². The van der Waals surface area contributed by atoms with Gasteiger partial charge in [-0.15, -0.1) is 0 Å². The van der Waals surface area contributed by atoms with Crippen LogP contribution in [-0.4, -0.2) is 24.3 Å². The van der Waals surface area contributed by atoms with E-state index >= 15 is 0 Å². The van der Waals surface area contributed by atoms with Gasteiger partial charge in [0.05, 0.1) is 6.10 Å². The van der Waals surface area contributed by atoms with Gasteiger partial charge in [-0.3, -0.25) is 0 Å². The summed E-state index contributed by atoms with van der Waals surface area (Å²) in [4.78, 5) is 0. The van der Waals surface area contributed by atoms with Crippen LogP contribution in [0.15, 0.2) is 0 Å². The second-order valence-electron chi connectivity index (χ2n) is 4.41. The third-order valence-electron chi connectivity index (χ3n) is 2.90. The Kier molecular flexibility index (Phi) is 2.13. The van der Waals surface area contributed by atoms with E-state index in [0.717, 1.165) is 6.42 Å². The highest BCUT2D eigenvalue weighted by atomic mass is 16.8. The van der Waals surface area contributed by atoms with Crippen LogP contribution in [0, 0.1) is 5.92 Å². The van der Waals surface area contributed by atoms with Crippen molar-refractivity contribution in [2.45, 2.75) is 58.4 Å². The molecule has 2 heterocycles. The van der Waals surface area contributed by atoms with Gasteiger partial charge >= 0.3 is 0 Å². The monoisotopic (exact) mass is 186 g/mol. The van der Waals surface area contributed by atoms with Gasteiger partial charge in [0.2, 0.25) is 0 Å². The average Bonchev–Trinajstić information content (AvgIpc) is 2.47. The van der Waals surface area contributed by atoms with Crippen molar-refractivity contribution in [3.05, 3.63) is 0 Å². The molecule has 0 saturated carbocycles. The molecule has 0 bridgehead atoms. The standard InChI is InChI=1S/C10H18O3/c1-5-7-6(2)8-9(11-7)13-10(3,4)12-8/h6-9H,5H2,1-4H3/t6-,7-,8?,9-/m0/s1. The zero-order valence-electron chi connectivity index (χ0n) is 8.74. The number of fused-ring (bicyclic) bond motifs is 1. The molecule has 0 aromatic heterocycles. The highest BCUT2D eigenvalue weighted by Gasteiger charge is 2.52. The molecule has 2 aliphatic heterocycles. The predicted molar refractivity (Wildman–Crippen MR) is 48.2 cm³/mol. The third-order valence-corrected chi connectivity index (χ3v) is 2.90. The molecule has 0 aliphatic carbocycles. The largest absolute Gasteiger partial charge is 0.346 e. The molecular weight excluding hydrogens is 168 g/mol. The maximum atomic E-state index is 5.77. The highest BCUT2D eigenvalue weighted by Crippen LogP contribution is 2.41. The topological polar surface area (TPSA) is 27.7 Å². The minimum Gasteiger partial charge on any atom is -0.346 e. The van der Waals surface area contributed by atoms with Gasteiger partial charge in [-0.25, -0.2) is 0 Å². The van der Waals surface area contributed by atoms with Crippen LogP contribution >= 0.6 is 0 Å². The molecule has 2 saturated heterocycles. The van der Waals surface area contributed by atoms with E-state index in [9.17, 15) is 0 Å². The van der Waals surface area contributed by atoms with Gasteiger partial charge in [0, 0.05) is 5.92 Å². The molecule has 0 spiro atoms. The second kappa shape index (κ2) is 2.94. The Labute approximate surface area is 79.4 Å². The summed E-state index contributed by atoms with van der Waals surface area (Å²) in [5.41, 5.74) is 0. The van der Waals surface area contributed by atoms with Crippen LogP contribution in [0.3, 0.4) is 0 Å². The van der Waals surface area contributed by atoms with Gasteiger partial charge in [0.15, 0.2) is 12.1 Å². The van der Waals surface area contributed by atoms with E-state index < -0.39 is 5.79 Å². The lowest BCUT2D eigenvalue weighted by molar-refractivity contribution is -0.209. The fraction of sp³-hybridized carbons (Fsp3) is 1.00. The molecule has 3 heteroatoms. The molecule has 0 radical (unpaired) electrons. The van der Waals surface area contributed by atoms with Gasteiger partial charge in [0.1, 0.15) is 6.10 Å². The highest BCUT2D eigenvalue weighted by molar-refractivity contribution is 4.89. The van der Waals surface area contributed by atoms with Crippen LogP contribution in [0.2, 0.25) is 0 Å². The Morgan fingerprint density at radius 1 is 1.23 bits per heavy atom. The van der Waals surface area contributed by atoms with Crippen LogP contribution in [0.25, 0.3) is 0 Å². The lowest BCUT2D eigenvalue weighted by atomic mass is 9.99. The molecule has 2 rings (SSSR count). The quantitative estimate of drug-likeness (QED) is 0.626. The molecule has 2 aliphatic rings. The van der Waals surface area contributed by atoms with Gasteiger partial charge in [-0.2, -0.15) is 0 Å². The zero-order chi connectivity index (χ0) is 9.64. The van der Waals surface area contributed by atoms with Crippen molar-refractivity contribution < 1.29 is 14.2 Å². The summed E-state index contributed by atoms with van der Waals surface area (Å²) in [7, 11) is 0. The smallest absolute Gasteiger partial charge is 0.187 e. The summed E-state index contributed by atoms with van der Waals surface area (Å²) in [6, 6.07) is 0. The van der Waals surface area contributed by atoms with Crippen LogP contribution < -0.4 is 0 Å². The first-order valence-electron chi connectivity index (χ1n) is 5.04. The normalized spacial score (nSPS) is 48.0. The molecule has 4 atom stereocenters. The van der Waals surface area contributed by atoms with E-state index in [1.807, 2.05) is 13.8 Å². The first-order valence-corrected chi connectivity index (χ1v) is 5.04. The number of hydrogen-bond donors (Lipinski definition) is 0. The molecular formula is C10H18O3. The third kappa shape index (κ3) is 1.49. The summed E-state index contributed by atoms with van der Waals surface area (Å²) >= 11 is 0. The van der Waals surface area contributed by atoms with Crippen LogP contribution in [0.4, 0.5) is 0 Å². The van der Waals surface area contributed by atoms with Gasteiger partial charge in [-0.05, 0) is 20.3 Å². The Morgan fingerprint density at radius 3 is 2.46 bits per heavy atom. The number of hydrogen-bond acceptors (Lipinski definition) is 3. The van der Waals surface area contributed by atoms with Gasteiger partial charge < -0.3 is 14.2 Å². The fourth-order valence-electron chi connectivity index (χ4n) is 2.19. The van der Waals surface area contributed by atoms with E-state index in [1.54, 1.807) is 0 Å². The van der Waals surface area contributed by atoms with E-state index in [4.69, 9.17) is 14.2 Å². The molecule has 13 heavy (non-hydrogen) atoms. The Balaban J connectivity index is 2.07. The summed E-state index contributed by atoms with van der Waals surface area (Å²) in [6.07, 6.45) is 1.31.